The minimum Gasteiger partial charge on any atom is -0.482 e. The Morgan fingerprint density at radius 3 is 2.41 bits per heavy atom. The van der Waals surface area contributed by atoms with Crippen LogP contribution in [-0.4, -0.2) is 37.0 Å². The Morgan fingerprint density at radius 2 is 1.65 bits per heavy atom. The summed E-state index contributed by atoms with van der Waals surface area (Å²) in [5, 5.41) is 2.71. The first kappa shape index (κ1) is 22.8. The van der Waals surface area contributed by atoms with E-state index in [1.807, 2.05) is 36.4 Å². The monoisotopic (exact) mass is 460 g/mol. The predicted molar refractivity (Wildman–Crippen MR) is 126 cm³/mol. The Balaban J connectivity index is 1.26. The molecule has 4 rings (SSSR count). The third-order valence-electron chi connectivity index (χ3n) is 5.13. The highest BCUT2D eigenvalue weighted by Gasteiger charge is 2.26. The smallest absolute Gasteiger partial charge is 0.308 e. The number of hydrogen-bond donors (Lipinski definition) is 1. The molecule has 174 valence electrons. The van der Waals surface area contributed by atoms with Gasteiger partial charge >= 0.3 is 5.97 Å². The van der Waals surface area contributed by atoms with Gasteiger partial charge in [-0.3, -0.25) is 14.4 Å². The van der Waals surface area contributed by atoms with Crippen molar-refractivity contribution in [2.24, 2.45) is 0 Å². The molecule has 1 heterocycles. The van der Waals surface area contributed by atoms with Crippen molar-refractivity contribution < 1.29 is 28.6 Å². The molecule has 0 aliphatic carbocycles. The Labute approximate surface area is 197 Å². The molecule has 8 nitrogen and oxygen atoms in total. The van der Waals surface area contributed by atoms with E-state index in [-0.39, 0.29) is 25.5 Å². The molecule has 3 aromatic rings. The number of benzene rings is 3. The highest BCUT2D eigenvalue weighted by molar-refractivity contribution is 5.98. The quantitative estimate of drug-likeness (QED) is 0.507. The summed E-state index contributed by atoms with van der Waals surface area (Å²) in [6, 6.07) is 23.3. The molecule has 0 spiro atoms. The standard InChI is InChI=1S/C26H24N2O6/c1-18(26(31)27-19-11-13-21(14-12-19)34-20-7-3-2-4-8-20)33-25(30)15-16-28-22-9-5-6-10-23(22)32-17-24(28)29/h2-14,18H,15-17H2,1H3,(H,27,31). The first-order valence-electron chi connectivity index (χ1n) is 10.8. The van der Waals surface area contributed by atoms with Gasteiger partial charge in [-0.25, -0.2) is 0 Å². The first-order valence-corrected chi connectivity index (χ1v) is 10.8. The molecule has 1 aliphatic rings. The van der Waals surface area contributed by atoms with Gasteiger partial charge in [-0.1, -0.05) is 30.3 Å². The van der Waals surface area contributed by atoms with Gasteiger partial charge in [-0.2, -0.15) is 0 Å². The molecule has 1 N–H and O–H groups in total. The first-order chi connectivity index (χ1) is 16.5. The van der Waals surface area contributed by atoms with Crippen LogP contribution < -0.4 is 19.7 Å². The van der Waals surface area contributed by atoms with E-state index in [1.165, 1.54) is 11.8 Å². The van der Waals surface area contributed by atoms with Gasteiger partial charge in [0.1, 0.15) is 17.2 Å². The second kappa shape index (κ2) is 10.5. The van der Waals surface area contributed by atoms with Crippen LogP contribution in [0.3, 0.4) is 0 Å². The zero-order valence-electron chi connectivity index (χ0n) is 18.6. The van der Waals surface area contributed by atoms with Crippen LogP contribution in [0.25, 0.3) is 0 Å². The summed E-state index contributed by atoms with van der Waals surface area (Å²) in [7, 11) is 0. The van der Waals surface area contributed by atoms with Crippen LogP contribution in [0.4, 0.5) is 11.4 Å². The number of hydrogen-bond acceptors (Lipinski definition) is 6. The van der Waals surface area contributed by atoms with Crippen LogP contribution in [0.5, 0.6) is 17.2 Å². The lowest BCUT2D eigenvalue weighted by molar-refractivity contribution is -0.153. The van der Waals surface area contributed by atoms with Crippen LogP contribution >= 0.6 is 0 Å². The highest BCUT2D eigenvalue weighted by atomic mass is 16.5. The third kappa shape index (κ3) is 5.72. The maximum absolute atomic E-state index is 12.4. The Bertz CT molecular complexity index is 1160. The minimum absolute atomic E-state index is 0.0524. The SMILES string of the molecule is CC(OC(=O)CCN1C(=O)COc2ccccc21)C(=O)Nc1ccc(Oc2ccccc2)cc1. The zero-order chi connectivity index (χ0) is 23.9. The van der Waals surface area contributed by atoms with E-state index < -0.39 is 18.0 Å². The Hall–Kier alpha value is -4.33. The van der Waals surface area contributed by atoms with Gasteiger partial charge in [0.25, 0.3) is 11.8 Å². The molecule has 2 amide bonds. The van der Waals surface area contributed by atoms with Gasteiger partial charge in [-0.15, -0.1) is 0 Å². The lowest BCUT2D eigenvalue weighted by Crippen LogP contribution is -2.40. The lowest BCUT2D eigenvalue weighted by atomic mass is 10.2. The van der Waals surface area contributed by atoms with Gasteiger partial charge in [0.15, 0.2) is 12.7 Å². The fraction of sp³-hybridized carbons (Fsp3) is 0.192. The molecule has 0 bridgehead atoms. The van der Waals surface area contributed by atoms with Crippen LogP contribution in [0.15, 0.2) is 78.9 Å². The number of nitrogens with zero attached hydrogens (tertiary/aromatic N) is 1. The lowest BCUT2D eigenvalue weighted by Gasteiger charge is -2.29. The number of anilines is 2. The van der Waals surface area contributed by atoms with Crippen molar-refractivity contribution >= 4 is 29.2 Å². The van der Waals surface area contributed by atoms with Crippen molar-refractivity contribution in [1.82, 2.24) is 0 Å². The summed E-state index contributed by atoms with van der Waals surface area (Å²) in [5.74, 6) is 0.647. The molecular weight excluding hydrogens is 436 g/mol. The number of carbonyl (C=O) groups is 3. The number of para-hydroxylation sites is 3. The number of amides is 2. The molecule has 0 fully saturated rings. The number of rotatable bonds is 8. The van der Waals surface area contributed by atoms with Gasteiger partial charge in [0.2, 0.25) is 0 Å². The van der Waals surface area contributed by atoms with Crippen molar-refractivity contribution in [3.8, 4) is 17.2 Å². The summed E-state index contributed by atoms with van der Waals surface area (Å²) in [5.41, 5.74) is 1.15. The molecule has 1 atom stereocenters. The summed E-state index contributed by atoms with van der Waals surface area (Å²) in [4.78, 5) is 38.4. The number of esters is 1. The largest absolute Gasteiger partial charge is 0.482 e. The maximum Gasteiger partial charge on any atom is 0.308 e. The molecule has 3 aromatic carbocycles. The number of nitrogens with one attached hydrogen (secondary N) is 1. The van der Waals surface area contributed by atoms with Gasteiger partial charge in [0, 0.05) is 12.2 Å². The van der Waals surface area contributed by atoms with E-state index in [2.05, 4.69) is 5.32 Å². The Kier molecular flexibility index (Phi) is 7.07. The average molecular weight is 460 g/mol. The topological polar surface area (TPSA) is 94.2 Å². The van der Waals surface area contributed by atoms with Crippen molar-refractivity contribution in [2.45, 2.75) is 19.4 Å². The molecule has 34 heavy (non-hydrogen) atoms. The highest BCUT2D eigenvalue weighted by Crippen LogP contribution is 2.31. The zero-order valence-corrected chi connectivity index (χ0v) is 18.6. The van der Waals surface area contributed by atoms with Crippen molar-refractivity contribution in [1.29, 1.82) is 0 Å². The molecule has 0 saturated heterocycles. The van der Waals surface area contributed by atoms with E-state index in [4.69, 9.17) is 14.2 Å². The number of fused-ring (bicyclic) bond motifs is 1. The Morgan fingerprint density at radius 1 is 0.971 bits per heavy atom. The molecule has 8 heteroatoms. The fourth-order valence-corrected chi connectivity index (χ4v) is 3.39. The van der Waals surface area contributed by atoms with E-state index >= 15 is 0 Å². The normalized spacial score (nSPS) is 13.3. The average Bonchev–Trinajstić information content (AvgIpc) is 2.85. The van der Waals surface area contributed by atoms with Gasteiger partial charge in [0.05, 0.1) is 12.1 Å². The number of carbonyl (C=O) groups excluding carboxylic acids is 3. The predicted octanol–water partition coefficient (Wildman–Crippen LogP) is 4.16. The second-order valence-corrected chi connectivity index (χ2v) is 7.61. The van der Waals surface area contributed by atoms with Gasteiger partial charge < -0.3 is 24.4 Å². The summed E-state index contributed by atoms with van der Waals surface area (Å²) >= 11 is 0. The molecule has 0 saturated carbocycles. The molecule has 1 unspecified atom stereocenters. The number of ether oxygens (including phenoxy) is 3. The summed E-state index contributed by atoms with van der Waals surface area (Å²) < 4.78 is 16.4. The van der Waals surface area contributed by atoms with Crippen LogP contribution in [0.1, 0.15) is 13.3 Å². The second-order valence-electron chi connectivity index (χ2n) is 7.61. The fourth-order valence-electron chi connectivity index (χ4n) is 3.39. The summed E-state index contributed by atoms with van der Waals surface area (Å²) in [6.45, 7) is 1.55. The van der Waals surface area contributed by atoms with E-state index in [9.17, 15) is 14.4 Å². The van der Waals surface area contributed by atoms with E-state index in [1.54, 1.807) is 42.5 Å². The van der Waals surface area contributed by atoms with Gasteiger partial charge in [-0.05, 0) is 55.5 Å². The summed E-state index contributed by atoms with van der Waals surface area (Å²) in [6.07, 6.45) is -1.05. The van der Waals surface area contributed by atoms with Crippen LogP contribution in [0, 0.1) is 0 Å². The molecule has 0 radical (unpaired) electrons. The van der Waals surface area contributed by atoms with Crippen LogP contribution in [-0.2, 0) is 19.1 Å². The van der Waals surface area contributed by atoms with E-state index in [0.717, 1.165) is 0 Å². The maximum atomic E-state index is 12.4. The van der Waals surface area contributed by atoms with Crippen LogP contribution in [0.2, 0.25) is 0 Å². The molecule has 1 aliphatic heterocycles. The minimum atomic E-state index is -1.000. The van der Waals surface area contributed by atoms with Crippen molar-refractivity contribution in [3.63, 3.8) is 0 Å². The van der Waals surface area contributed by atoms with E-state index in [0.29, 0.717) is 28.6 Å². The molecule has 0 aromatic heterocycles. The molecular formula is C26H24N2O6. The van der Waals surface area contributed by atoms with Crippen molar-refractivity contribution in [3.05, 3.63) is 78.9 Å². The third-order valence-corrected chi connectivity index (χ3v) is 5.13. The van der Waals surface area contributed by atoms with Crippen molar-refractivity contribution in [2.75, 3.05) is 23.4 Å².